The van der Waals surface area contributed by atoms with Gasteiger partial charge >= 0.3 is 12.1 Å². The topological polar surface area (TPSA) is 97.3 Å². The fourth-order valence-corrected chi connectivity index (χ4v) is 7.79. The van der Waals surface area contributed by atoms with Crippen LogP contribution in [0.5, 0.6) is 11.5 Å². The predicted octanol–water partition coefficient (Wildman–Crippen LogP) is 5.27. The number of nitrogens with one attached hydrogen (secondary N) is 1. The first-order valence-electron chi connectivity index (χ1n) is 15.5. The van der Waals surface area contributed by atoms with Gasteiger partial charge in [-0.2, -0.15) is 0 Å². The Labute approximate surface area is 239 Å². The number of esters is 1. The number of piperidine rings is 1. The highest BCUT2D eigenvalue weighted by Crippen LogP contribution is 2.63. The van der Waals surface area contributed by atoms with Crippen LogP contribution in [-0.2, 0) is 21.4 Å². The Bertz CT molecular complexity index is 1100. The monoisotopic (exact) mass is 556 g/mol. The van der Waals surface area contributed by atoms with Crippen LogP contribution in [0.1, 0.15) is 103 Å². The van der Waals surface area contributed by atoms with Gasteiger partial charge in [-0.3, -0.25) is 0 Å². The van der Waals surface area contributed by atoms with Gasteiger partial charge in [0.15, 0.2) is 11.5 Å². The first kappa shape index (κ1) is 29.2. The lowest BCUT2D eigenvalue weighted by Gasteiger charge is -2.58. The predicted molar refractivity (Wildman–Crippen MR) is 153 cm³/mol. The van der Waals surface area contributed by atoms with Crippen molar-refractivity contribution in [3.8, 4) is 11.5 Å². The zero-order chi connectivity index (χ0) is 28.7. The molecule has 2 aliphatic carbocycles. The van der Waals surface area contributed by atoms with Crippen molar-refractivity contribution in [3.05, 3.63) is 23.3 Å². The molecule has 8 nitrogen and oxygen atoms in total. The number of rotatable bonds is 10. The fraction of sp³-hybridized carbons (Fsp3) is 0.750. The summed E-state index contributed by atoms with van der Waals surface area (Å²) in [5, 5.41) is 13.8. The summed E-state index contributed by atoms with van der Waals surface area (Å²) in [6.07, 6.45) is 9.00. The fourth-order valence-electron chi connectivity index (χ4n) is 7.79. The molecule has 1 saturated carbocycles. The van der Waals surface area contributed by atoms with Gasteiger partial charge in [-0.25, -0.2) is 9.59 Å². The van der Waals surface area contributed by atoms with Gasteiger partial charge in [-0.05, 0) is 84.0 Å². The standard InChI is InChI=1S/C32H48N2O6/c1-6-7-8-9-10-11-12-22(33-30(37)40-31(2,3)4)29(36)38-25-16-13-20-19-23-21-14-15-24(35)28-32(21,17-18-34(23)5)26(20)27(25)39-28/h13,16,21-24,28,35H,6-12,14-15,17-19H2,1-5H3,(H,33,37)/t21-,22?,23+,24-,28-,32-/m0/s1. The Balaban J connectivity index is 1.37. The van der Waals surface area contributed by atoms with Gasteiger partial charge in [-0.1, -0.05) is 51.5 Å². The first-order chi connectivity index (χ1) is 19.0. The van der Waals surface area contributed by atoms with E-state index in [1.54, 1.807) is 20.8 Å². The number of aliphatic hydroxyl groups is 1. The van der Waals surface area contributed by atoms with Crippen LogP contribution < -0.4 is 14.8 Å². The van der Waals surface area contributed by atoms with Gasteiger partial charge < -0.3 is 29.5 Å². The maximum Gasteiger partial charge on any atom is 0.408 e. The maximum atomic E-state index is 13.6. The summed E-state index contributed by atoms with van der Waals surface area (Å²) in [5.41, 5.74) is 1.46. The van der Waals surface area contributed by atoms with Crippen LogP contribution in [0, 0.1) is 5.92 Å². The Kier molecular flexibility index (Phi) is 8.40. The second-order valence-corrected chi connectivity index (χ2v) is 13.4. The van der Waals surface area contributed by atoms with E-state index in [1.807, 2.05) is 6.07 Å². The minimum atomic E-state index is -0.822. The lowest BCUT2D eigenvalue weighted by atomic mass is 9.51. The maximum absolute atomic E-state index is 13.6. The molecule has 5 rings (SSSR count). The Morgan fingerprint density at radius 1 is 1.18 bits per heavy atom. The van der Waals surface area contributed by atoms with Crippen molar-refractivity contribution >= 4 is 12.1 Å². The number of amides is 1. The van der Waals surface area contributed by atoms with Crippen molar-refractivity contribution in [3.63, 3.8) is 0 Å². The Morgan fingerprint density at radius 2 is 1.93 bits per heavy atom. The molecule has 2 heterocycles. The molecule has 2 aliphatic heterocycles. The van der Waals surface area contributed by atoms with Crippen molar-refractivity contribution in [2.24, 2.45) is 5.92 Å². The smallest absolute Gasteiger partial charge is 0.408 e. The van der Waals surface area contributed by atoms with Gasteiger partial charge in [0, 0.05) is 17.0 Å². The number of likely N-dealkylation sites (tertiary alicyclic amines) is 1. The van der Waals surface area contributed by atoms with Crippen LogP contribution in [0.15, 0.2) is 12.1 Å². The van der Waals surface area contributed by atoms with Gasteiger partial charge in [0.1, 0.15) is 17.7 Å². The molecular weight excluding hydrogens is 508 g/mol. The molecule has 1 amide bonds. The van der Waals surface area contributed by atoms with Crippen LogP contribution >= 0.6 is 0 Å². The minimum Gasteiger partial charge on any atom is -0.483 e. The zero-order valence-corrected chi connectivity index (χ0v) is 25.0. The molecule has 1 aromatic rings. The average molecular weight is 557 g/mol. The van der Waals surface area contributed by atoms with E-state index in [1.165, 1.54) is 24.8 Å². The third-order valence-corrected chi connectivity index (χ3v) is 9.58. The van der Waals surface area contributed by atoms with Crippen LogP contribution in [0.2, 0.25) is 0 Å². The number of hydrogen-bond donors (Lipinski definition) is 2. The molecule has 2 N–H and O–H groups in total. The molecule has 2 bridgehead atoms. The molecule has 1 spiro atoms. The molecule has 4 aliphatic rings. The first-order valence-corrected chi connectivity index (χ1v) is 15.5. The van der Waals surface area contributed by atoms with Crippen LogP contribution in [0.25, 0.3) is 0 Å². The quantitative estimate of drug-likeness (QED) is 0.230. The Hall–Kier alpha value is -2.32. The van der Waals surface area contributed by atoms with E-state index in [9.17, 15) is 14.7 Å². The second kappa shape index (κ2) is 11.5. The third-order valence-electron chi connectivity index (χ3n) is 9.58. The number of alkyl carbamates (subject to hydrolysis) is 1. The highest BCUT2D eigenvalue weighted by Gasteiger charge is 2.65. The number of ether oxygens (including phenoxy) is 3. The molecule has 8 heteroatoms. The number of carbonyl (C=O) groups is 2. The third kappa shape index (κ3) is 5.46. The van der Waals surface area contributed by atoms with Crippen molar-refractivity contribution < 1.29 is 28.9 Å². The Morgan fingerprint density at radius 3 is 2.67 bits per heavy atom. The van der Waals surface area contributed by atoms with Crippen molar-refractivity contribution in [1.29, 1.82) is 0 Å². The molecule has 0 aromatic heterocycles. The van der Waals surface area contributed by atoms with E-state index in [0.29, 0.717) is 29.9 Å². The summed E-state index contributed by atoms with van der Waals surface area (Å²) < 4.78 is 18.0. The number of likely N-dealkylation sites (N-methyl/N-ethyl adjacent to an activating group) is 1. The van der Waals surface area contributed by atoms with Crippen molar-refractivity contribution in [2.75, 3.05) is 13.6 Å². The molecular formula is C32H48N2O6. The van der Waals surface area contributed by atoms with E-state index < -0.39 is 29.8 Å². The summed E-state index contributed by atoms with van der Waals surface area (Å²) in [6, 6.07) is 3.51. The number of benzene rings is 1. The lowest BCUT2D eigenvalue weighted by Crippen LogP contribution is -2.66. The van der Waals surface area contributed by atoms with E-state index in [-0.39, 0.29) is 11.5 Å². The van der Waals surface area contributed by atoms with E-state index in [0.717, 1.165) is 57.1 Å². The number of unbranched alkanes of at least 4 members (excludes halogenated alkanes) is 5. The molecule has 1 aromatic carbocycles. The van der Waals surface area contributed by atoms with Gasteiger partial charge in [-0.15, -0.1) is 0 Å². The van der Waals surface area contributed by atoms with Crippen molar-refractivity contribution in [1.82, 2.24) is 10.2 Å². The van der Waals surface area contributed by atoms with E-state index >= 15 is 0 Å². The van der Waals surface area contributed by atoms with Crippen molar-refractivity contribution in [2.45, 2.75) is 134 Å². The number of carbonyl (C=O) groups excluding carboxylic acids is 2. The highest BCUT2D eigenvalue weighted by atomic mass is 16.6. The zero-order valence-electron chi connectivity index (χ0n) is 25.0. The largest absolute Gasteiger partial charge is 0.483 e. The lowest BCUT2D eigenvalue weighted by molar-refractivity contribution is -0.137. The van der Waals surface area contributed by atoms with Crippen LogP contribution in [0.4, 0.5) is 4.79 Å². The SMILES string of the molecule is CCCCCCCCC(NC(=O)OC(C)(C)C)C(=O)Oc1ccc2c3c1O[C@H]1[C@@H](O)CC[C@H]4[C@@H](C2)N(C)CC[C@@]341. The number of nitrogens with zero attached hydrogens (tertiary/aromatic N) is 1. The van der Waals surface area contributed by atoms with Gasteiger partial charge in [0.05, 0.1) is 6.10 Å². The van der Waals surface area contributed by atoms with Crippen LogP contribution in [0.3, 0.4) is 0 Å². The minimum absolute atomic E-state index is 0.243. The average Bonchev–Trinajstić information content (AvgIpc) is 3.24. The molecule has 6 atom stereocenters. The summed E-state index contributed by atoms with van der Waals surface area (Å²) >= 11 is 0. The molecule has 0 radical (unpaired) electrons. The summed E-state index contributed by atoms with van der Waals surface area (Å²) in [7, 11) is 2.21. The number of aliphatic hydroxyl groups excluding tert-OH is 1. The highest BCUT2D eigenvalue weighted by molar-refractivity contribution is 5.83. The van der Waals surface area contributed by atoms with E-state index in [2.05, 4.69) is 30.3 Å². The van der Waals surface area contributed by atoms with Gasteiger partial charge in [0.2, 0.25) is 0 Å². The van der Waals surface area contributed by atoms with E-state index in [4.69, 9.17) is 14.2 Å². The van der Waals surface area contributed by atoms with Crippen LogP contribution in [-0.4, -0.2) is 65.6 Å². The molecule has 40 heavy (non-hydrogen) atoms. The summed E-state index contributed by atoms with van der Waals surface area (Å²) in [5.74, 6) is 0.893. The molecule has 1 saturated heterocycles. The molecule has 2 fully saturated rings. The van der Waals surface area contributed by atoms with Gasteiger partial charge in [0.25, 0.3) is 0 Å². The summed E-state index contributed by atoms with van der Waals surface area (Å²) in [6.45, 7) is 8.54. The molecule has 1 unspecified atom stereocenters. The second-order valence-electron chi connectivity index (χ2n) is 13.4. The summed E-state index contributed by atoms with van der Waals surface area (Å²) in [4.78, 5) is 28.7. The number of hydrogen-bond acceptors (Lipinski definition) is 7. The normalized spacial score (nSPS) is 29.2. The molecule has 222 valence electrons.